The Balaban J connectivity index is 1.72. The Morgan fingerprint density at radius 3 is 2.62 bits per heavy atom. The Labute approximate surface area is 99.4 Å². The SMILES string of the molecule is C=C(CN1CCCC1=C)NC1CCCCC1. The van der Waals surface area contributed by atoms with Gasteiger partial charge in [0.2, 0.25) is 0 Å². The summed E-state index contributed by atoms with van der Waals surface area (Å²) in [6, 6.07) is 0.678. The van der Waals surface area contributed by atoms with Gasteiger partial charge in [-0.05, 0) is 25.7 Å². The van der Waals surface area contributed by atoms with E-state index in [0.717, 1.165) is 19.5 Å². The number of nitrogens with one attached hydrogen (secondary N) is 1. The molecule has 1 heterocycles. The largest absolute Gasteiger partial charge is 0.385 e. The molecule has 0 amide bonds. The third-order valence-electron chi connectivity index (χ3n) is 3.74. The Kier molecular flexibility index (Phi) is 3.92. The van der Waals surface area contributed by atoms with Crippen molar-refractivity contribution in [3.05, 3.63) is 24.6 Å². The van der Waals surface area contributed by atoms with Gasteiger partial charge in [0.05, 0.1) is 6.54 Å². The summed E-state index contributed by atoms with van der Waals surface area (Å²) in [6.45, 7) is 10.4. The summed E-state index contributed by atoms with van der Waals surface area (Å²) >= 11 is 0. The fourth-order valence-corrected chi connectivity index (χ4v) is 2.79. The highest BCUT2D eigenvalue weighted by Gasteiger charge is 2.17. The third-order valence-corrected chi connectivity index (χ3v) is 3.74. The van der Waals surface area contributed by atoms with Gasteiger partial charge < -0.3 is 10.2 Å². The molecule has 1 N–H and O–H groups in total. The van der Waals surface area contributed by atoms with Crippen LogP contribution in [0, 0.1) is 0 Å². The minimum Gasteiger partial charge on any atom is -0.385 e. The molecule has 2 aliphatic rings. The summed E-state index contributed by atoms with van der Waals surface area (Å²) in [5.41, 5.74) is 2.46. The van der Waals surface area contributed by atoms with E-state index < -0.39 is 0 Å². The molecule has 0 radical (unpaired) electrons. The van der Waals surface area contributed by atoms with Gasteiger partial charge in [0.15, 0.2) is 0 Å². The van der Waals surface area contributed by atoms with Crippen LogP contribution in [-0.2, 0) is 0 Å². The summed E-state index contributed by atoms with van der Waals surface area (Å²) in [4.78, 5) is 2.36. The van der Waals surface area contributed by atoms with Crippen molar-refractivity contribution in [3.8, 4) is 0 Å². The molecule has 90 valence electrons. The normalized spacial score (nSPS) is 22.5. The monoisotopic (exact) mass is 220 g/mol. The van der Waals surface area contributed by atoms with Crippen molar-refractivity contribution in [3.63, 3.8) is 0 Å². The van der Waals surface area contributed by atoms with Crippen molar-refractivity contribution >= 4 is 0 Å². The van der Waals surface area contributed by atoms with Gasteiger partial charge in [-0.1, -0.05) is 32.4 Å². The second kappa shape index (κ2) is 5.42. The first-order valence-electron chi connectivity index (χ1n) is 6.63. The first-order chi connectivity index (χ1) is 7.75. The van der Waals surface area contributed by atoms with Crippen LogP contribution in [0.3, 0.4) is 0 Å². The van der Waals surface area contributed by atoms with E-state index in [1.165, 1.54) is 49.9 Å². The number of nitrogens with zero attached hydrogens (tertiary/aromatic N) is 1. The van der Waals surface area contributed by atoms with Crippen molar-refractivity contribution in [2.45, 2.75) is 51.0 Å². The van der Waals surface area contributed by atoms with Crippen LogP contribution in [0.25, 0.3) is 0 Å². The molecular weight excluding hydrogens is 196 g/mol. The van der Waals surface area contributed by atoms with Gasteiger partial charge in [-0.2, -0.15) is 0 Å². The maximum atomic E-state index is 4.15. The zero-order chi connectivity index (χ0) is 11.4. The fourth-order valence-electron chi connectivity index (χ4n) is 2.79. The lowest BCUT2D eigenvalue weighted by Crippen LogP contribution is -2.34. The zero-order valence-electron chi connectivity index (χ0n) is 10.3. The molecule has 0 spiro atoms. The standard InChI is InChI=1S/C14H24N2/c1-12(11-16-10-6-7-13(16)2)15-14-8-4-3-5-9-14/h14-15H,1-11H2. The fraction of sp³-hybridized carbons (Fsp3) is 0.714. The quantitative estimate of drug-likeness (QED) is 0.783. The van der Waals surface area contributed by atoms with Crippen LogP contribution in [0.5, 0.6) is 0 Å². The van der Waals surface area contributed by atoms with Gasteiger partial charge in [-0.3, -0.25) is 0 Å². The summed E-state index contributed by atoms with van der Waals surface area (Å²) in [5.74, 6) is 0. The Bertz CT molecular complexity index is 264. The number of hydrogen-bond donors (Lipinski definition) is 1. The van der Waals surface area contributed by atoms with Gasteiger partial charge in [0.25, 0.3) is 0 Å². The van der Waals surface area contributed by atoms with E-state index in [2.05, 4.69) is 23.4 Å². The van der Waals surface area contributed by atoms with Crippen molar-refractivity contribution in [1.29, 1.82) is 0 Å². The van der Waals surface area contributed by atoms with E-state index in [-0.39, 0.29) is 0 Å². The van der Waals surface area contributed by atoms with Crippen LogP contribution in [-0.4, -0.2) is 24.0 Å². The molecule has 0 bridgehead atoms. The van der Waals surface area contributed by atoms with Crippen LogP contribution < -0.4 is 5.32 Å². The molecule has 16 heavy (non-hydrogen) atoms. The first-order valence-corrected chi connectivity index (χ1v) is 6.63. The maximum absolute atomic E-state index is 4.15. The van der Waals surface area contributed by atoms with Crippen LogP contribution >= 0.6 is 0 Å². The van der Waals surface area contributed by atoms with Gasteiger partial charge in [-0.15, -0.1) is 0 Å². The highest BCUT2D eigenvalue weighted by Crippen LogP contribution is 2.21. The first kappa shape index (κ1) is 11.6. The number of hydrogen-bond acceptors (Lipinski definition) is 2. The van der Waals surface area contributed by atoms with Crippen LogP contribution in [0.1, 0.15) is 44.9 Å². The molecule has 2 rings (SSSR count). The van der Waals surface area contributed by atoms with Crippen molar-refractivity contribution in [1.82, 2.24) is 10.2 Å². The predicted octanol–water partition coefficient (Wildman–Crippen LogP) is 3.03. The van der Waals surface area contributed by atoms with Crippen LogP contribution in [0.4, 0.5) is 0 Å². The molecule has 1 saturated heterocycles. The minimum absolute atomic E-state index is 0.678. The Morgan fingerprint density at radius 2 is 2.00 bits per heavy atom. The average molecular weight is 220 g/mol. The predicted molar refractivity (Wildman–Crippen MR) is 69.1 cm³/mol. The van der Waals surface area contributed by atoms with Gasteiger partial charge >= 0.3 is 0 Å². The molecule has 0 atom stereocenters. The highest BCUT2D eigenvalue weighted by molar-refractivity contribution is 5.06. The summed E-state index contributed by atoms with van der Waals surface area (Å²) in [5, 5.41) is 3.59. The highest BCUT2D eigenvalue weighted by atomic mass is 15.2. The zero-order valence-corrected chi connectivity index (χ0v) is 10.3. The molecule has 2 heteroatoms. The minimum atomic E-state index is 0.678. The average Bonchev–Trinajstić information content (AvgIpc) is 2.66. The van der Waals surface area contributed by atoms with Crippen molar-refractivity contribution in [2.75, 3.05) is 13.1 Å². The molecule has 0 aromatic heterocycles. The second-order valence-electron chi connectivity index (χ2n) is 5.17. The lowest BCUT2D eigenvalue weighted by atomic mass is 9.95. The lowest BCUT2D eigenvalue weighted by Gasteiger charge is -2.27. The van der Waals surface area contributed by atoms with Crippen molar-refractivity contribution in [2.24, 2.45) is 0 Å². The van der Waals surface area contributed by atoms with Gasteiger partial charge in [0, 0.05) is 24.0 Å². The number of rotatable bonds is 4. The van der Waals surface area contributed by atoms with E-state index in [4.69, 9.17) is 0 Å². The Hall–Kier alpha value is -0.920. The van der Waals surface area contributed by atoms with Crippen molar-refractivity contribution < 1.29 is 0 Å². The molecule has 0 unspecified atom stereocenters. The number of allylic oxidation sites excluding steroid dienone is 1. The summed E-state index contributed by atoms with van der Waals surface area (Å²) in [6.07, 6.45) is 9.22. The van der Waals surface area contributed by atoms with Gasteiger partial charge in [-0.25, -0.2) is 0 Å². The smallest absolute Gasteiger partial charge is 0.0567 e. The number of likely N-dealkylation sites (tertiary alicyclic amines) is 1. The molecule has 1 aliphatic carbocycles. The van der Waals surface area contributed by atoms with Crippen LogP contribution in [0.15, 0.2) is 24.6 Å². The Morgan fingerprint density at radius 1 is 1.25 bits per heavy atom. The van der Waals surface area contributed by atoms with E-state index in [1.807, 2.05) is 0 Å². The third kappa shape index (κ3) is 3.03. The van der Waals surface area contributed by atoms with E-state index in [9.17, 15) is 0 Å². The molecular formula is C14H24N2. The molecule has 1 aliphatic heterocycles. The molecule has 0 aromatic carbocycles. The van der Waals surface area contributed by atoms with Crippen LogP contribution in [0.2, 0.25) is 0 Å². The summed E-state index contributed by atoms with van der Waals surface area (Å²) < 4.78 is 0. The molecule has 1 saturated carbocycles. The van der Waals surface area contributed by atoms with Gasteiger partial charge in [0.1, 0.15) is 0 Å². The summed E-state index contributed by atoms with van der Waals surface area (Å²) in [7, 11) is 0. The second-order valence-corrected chi connectivity index (χ2v) is 5.17. The molecule has 2 fully saturated rings. The lowest BCUT2D eigenvalue weighted by molar-refractivity contribution is 0.367. The maximum Gasteiger partial charge on any atom is 0.0567 e. The topological polar surface area (TPSA) is 15.3 Å². The van der Waals surface area contributed by atoms with E-state index >= 15 is 0 Å². The molecule has 0 aromatic rings. The molecule has 2 nitrogen and oxygen atoms in total. The van der Waals surface area contributed by atoms with E-state index in [0.29, 0.717) is 6.04 Å². The van der Waals surface area contributed by atoms with E-state index in [1.54, 1.807) is 0 Å².